The molecule has 3 N–H and O–H groups in total. The van der Waals surface area contributed by atoms with Crippen LogP contribution < -0.4 is 15.2 Å². The highest BCUT2D eigenvalue weighted by Gasteiger charge is 2.23. The van der Waals surface area contributed by atoms with Gasteiger partial charge in [0.1, 0.15) is 5.75 Å². The molecule has 1 aliphatic heterocycles. The minimum absolute atomic E-state index is 0.0349. The number of amides is 1. The van der Waals surface area contributed by atoms with Crippen LogP contribution in [0.2, 0.25) is 0 Å². The van der Waals surface area contributed by atoms with Gasteiger partial charge in [0.2, 0.25) is 10.0 Å². The monoisotopic (exact) mass is 298 g/mol. The third kappa shape index (κ3) is 3.49. The molecule has 1 amide bonds. The third-order valence-corrected chi connectivity index (χ3v) is 4.14. The maximum atomic E-state index is 11.8. The number of sulfonamides is 1. The van der Waals surface area contributed by atoms with Crippen LogP contribution in [-0.4, -0.2) is 27.0 Å². The molecule has 0 aliphatic carbocycles. The summed E-state index contributed by atoms with van der Waals surface area (Å²) in [6.07, 6.45) is 1.98. The number of benzene rings is 1. The van der Waals surface area contributed by atoms with Crippen molar-refractivity contribution < 1.29 is 17.9 Å². The van der Waals surface area contributed by atoms with Crippen molar-refractivity contribution in [3.8, 4) is 5.75 Å². The Labute approximate surface area is 118 Å². The van der Waals surface area contributed by atoms with E-state index in [4.69, 9.17) is 9.88 Å². The van der Waals surface area contributed by atoms with Gasteiger partial charge in [-0.25, -0.2) is 13.6 Å². The normalized spacial score (nSPS) is 20.1. The average molecular weight is 298 g/mol. The topological polar surface area (TPSA) is 98.5 Å². The second-order valence-electron chi connectivity index (χ2n) is 4.87. The Morgan fingerprint density at radius 1 is 1.35 bits per heavy atom. The number of aryl methyl sites for hydroxylation is 1. The zero-order valence-corrected chi connectivity index (χ0v) is 12.1. The summed E-state index contributed by atoms with van der Waals surface area (Å²) in [7, 11) is -3.73. The maximum absolute atomic E-state index is 11.8. The molecule has 0 spiro atoms. The smallest absolute Gasteiger partial charge is 0.261 e. The summed E-state index contributed by atoms with van der Waals surface area (Å²) in [6, 6.07) is 4.36. The van der Waals surface area contributed by atoms with Gasteiger partial charge in [0, 0.05) is 6.54 Å². The lowest BCUT2D eigenvalue weighted by Gasteiger charge is -2.17. The Hall–Kier alpha value is -1.60. The standard InChI is InChI=1S/C13H18N2O4S/c1-9-8-10(20(14,17)18)5-6-11(9)19-12-4-2-3-7-15-13(12)16/h5-6,8,12H,2-4,7H2,1H3,(H,15,16)(H2,14,17,18). The van der Waals surface area contributed by atoms with Crippen molar-refractivity contribution in [1.29, 1.82) is 0 Å². The average Bonchev–Trinajstić information content (AvgIpc) is 2.56. The first kappa shape index (κ1) is 14.8. The Balaban J connectivity index is 2.19. The van der Waals surface area contributed by atoms with Crippen LogP contribution in [0.1, 0.15) is 24.8 Å². The fourth-order valence-electron chi connectivity index (χ4n) is 2.11. The molecule has 1 aromatic rings. The largest absolute Gasteiger partial charge is 0.480 e. The highest BCUT2D eigenvalue weighted by atomic mass is 32.2. The van der Waals surface area contributed by atoms with E-state index in [9.17, 15) is 13.2 Å². The molecular formula is C13H18N2O4S. The van der Waals surface area contributed by atoms with Crippen molar-refractivity contribution in [2.75, 3.05) is 6.54 Å². The summed E-state index contributed by atoms with van der Waals surface area (Å²) in [4.78, 5) is 11.8. The third-order valence-electron chi connectivity index (χ3n) is 3.23. The fraction of sp³-hybridized carbons (Fsp3) is 0.462. The van der Waals surface area contributed by atoms with Gasteiger partial charge in [-0.15, -0.1) is 0 Å². The van der Waals surface area contributed by atoms with Crippen molar-refractivity contribution in [3.63, 3.8) is 0 Å². The van der Waals surface area contributed by atoms with Gasteiger partial charge in [0.15, 0.2) is 6.10 Å². The number of carbonyl (C=O) groups is 1. The van der Waals surface area contributed by atoms with Gasteiger partial charge in [-0.05, 0) is 49.9 Å². The predicted octanol–water partition coefficient (Wildman–Crippen LogP) is 0.690. The molecule has 0 aromatic heterocycles. The zero-order valence-electron chi connectivity index (χ0n) is 11.3. The summed E-state index contributed by atoms with van der Waals surface area (Å²) in [5.41, 5.74) is 0.633. The van der Waals surface area contributed by atoms with Gasteiger partial charge in [-0.2, -0.15) is 0 Å². The number of nitrogens with one attached hydrogen (secondary N) is 1. The van der Waals surface area contributed by atoms with Crippen LogP contribution in [0.15, 0.2) is 23.1 Å². The molecule has 1 heterocycles. The van der Waals surface area contributed by atoms with Crippen molar-refractivity contribution in [2.45, 2.75) is 37.2 Å². The second kappa shape index (κ2) is 5.80. The number of hydrogen-bond donors (Lipinski definition) is 2. The highest BCUT2D eigenvalue weighted by Crippen LogP contribution is 2.23. The first-order valence-corrected chi connectivity index (χ1v) is 8.00. The SMILES string of the molecule is Cc1cc(S(N)(=O)=O)ccc1OC1CCCCNC1=O. The molecule has 1 aliphatic rings. The van der Waals surface area contributed by atoms with Gasteiger partial charge in [0.25, 0.3) is 5.91 Å². The molecule has 7 heteroatoms. The van der Waals surface area contributed by atoms with Gasteiger partial charge in [-0.3, -0.25) is 4.79 Å². The van der Waals surface area contributed by atoms with Gasteiger partial charge >= 0.3 is 0 Å². The molecule has 1 atom stereocenters. The van der Waals surface area contributed by atoms with E-state index in [1.165, 1.54) is 18.2 Å². The number of nitrogens with two attached hydrogens (primary N) is 1. The van der Waals surface area contributed by atoms with E-state index >= 15 is 0 Å². The fourth-order valence-corrected chi connectivity index (χ4v) is 2.71. The molecule has 110 valence electrons. The molecule has 20 heavy (non-hydrogen) atoms. The number of rotatable bonds is 3. The van der Waals surface area contributed by atoms with E-state index in [1.54, 1.807) is 6.92 Å². The molecule has 0 bridgehead atoms. The van der Waals surface area contributed by atoms with Crippen LogP contribution in [0.5, 0.6) is 5.75 Å². The lowest BCUT2D eigenvalue weighted by atomic mass is 10.1. The lowest BCUT2D eigenvalue weighted by molar-refractivity contribution is -0.127. The number of ether oxygens (including phenoxy) is 1. The van der Waals surface area contributed by atoms with Crippen LogP contribution in [-0.2, 0) is 14.8 Å². The molecule has 0 radical (unpaired) electrons. The molecule has 1 aromatic carbocycles. The van der Waals surface area contributed by atoms with E-state index in [1.807, 2.05) is 0 Å². The summed E-state index contributed by atoms with van der Waals surface area (Å²) in [5, 5.41) is 7.86. The molecule has 6 nitrogen and oxygen atoms in total. The van der Waals surface area contributed by atoms with Gasteiger partial charge in [0.05, 0.1) is 4.90 Å². The predicted molar refractivity (Wildman–Crippen MR) is 73.8 cm³/mol. The summed E-state index contributed by atoms with van der Waals surface area (Å²) in [6.45, 7) is 2.39. The molecule has 0 saturated carbocycles. The van der Waals surface area contributed by atoms with Crippen LogP contribution >= 0.6 is 0 Å². The molecular weight excluding hydrogens is 280 g/mol. The van der Waals surface area contributed by atoms with Gasteiger partial charge in [-0.1, -0.05) is 0 Å². The Morgan fingerprint density at radius 2 is 2.10 bits per heavy atom. The quantitative estimate of drug-likeness (QED) is 0.857. The Morgan fingerprint density at radius 3 is 2.75 bits per heavy atom. The number of hydrogen-bond acceptors (Lipinski definition) is 4. The van der Waals surface area contributed by atoms with Crippen molar-refractivity contribution >= 4 is 15.9 Å². The van der Waals surface area contributed by atoms with Crippen molar-refractivity contribution in [2.24, 2.45) is 5.14 Å². The Kier molecular flexibility index (Phi) is 4.29. The summed E-state index contributed by atoms with van der Waals surface area (Å²) < 4.78 is 28.2. The summed E-state index contributed by atoms with van der Waals surface area (Å²) >= 11 is 0. The van der Waals surface area contributed by atoms with E-state index in [0.717, 1.165) is 12.8 Å². The number of carbonyl (C=O) groups excluding carboxylic acids is 1. The van der Waals surface area contributed by atoms with Crippen LogP contribution in [0.25, 0.3) is 0 Å². The Bertz CT molecular complexity index is 613. The van der Waals surface area contributed by atoms with Crippen LogP contribution in [0.3, 0.4) is 0 Å². The first-order chi connectivity index (χ1) is 9.38. The zero-order chi connectivity index (χ0) is 14.8. The minimum atomic E-state index is -3.73. The van der Waals surface area contributed by atoms with Crippen molar-refractivity contribution in [1.82, 2.24) is 5.32 Å². The van der Waals surface area contributed by atoms with E-state index in [0.29, 0.717) is 24.3 Å². The van der Waals surface area contributed by atoms with Gasteiger partial charge < -0.3 is 10.1 Å². The van der Waals surface area contributed by atoms with Crippen LogP contribution in [0.4, 0.5) is 0 Å². The van der Waals surface area contributed by atoms with E-state index in [-0.39, 0.29) is 10.8 Å². The lowest BCUT2D eigenvalue weighted by Crippen LogP contribution is -2.36. The van der Waals surface area contributed by atoms with Crippen LogP contribution in [0, 0.1) is 6.92 Å². The molecule has 1 fully saturated rings. The molecule has 2 rings (SSSR count). The second-order valence-corrected chi connectivity index (χ2v) is 6.43. The molecule has 1 unspecified atom stereocenters. The number of primary sulfonamides is 1. The highest BCUT2D eigenvalue weighted by molar-refractivity contribution is 7.89. The van der Waals surface area contributed by atoms with Crippen molar-refractivity contribution in [3.05, 3.63) is 23.8 Å². The van der Waals surface area contributed by atoms with E-state index in [2.05, 4.69) is 5.32 Å². The van der Waals surface area contributed by atoms with E-state index < -0.39 is 16.1 Å². The minimum Gasteiger partial charge on any atom is -0.480 e. The first-order valence-electron chi connectivity index (χ1n) is 6.46. The maximum Gasteiger partial charge on any atom is 0.261 e. The summed E-state index contributed by atoms with van der Waals surface area (Å²) in [5.74, 6) is 0.372. The molecule has 1 saturated heterocycles.